The Morgan fingerprint density at radius 2 is 2.14 bits per heavy atom. The van der Waals surface area contributed by atoms with Gasteiger partial charge in [-0.3, -0.25) is 4.79 Å². The van der Waals surface area contributed by atoms with Crippen molar-refractivity contribution in [2.45, 2.75) is 37.6 Å². The molecule has 14 heavy (non-hydrogen) atoms. The lowest BCUT2D eigenvalue weighted by molar-refractivity contribution is -0.180. The summed E-state index contributed by atoms with van der Waals surface area (Å²) in [5.41, 5.74) is 0. The fourth-order valence-corrected chi connectivity index (χ4v) is 2.99. The second-order valence-corrected chi connectivity index (χ2v) is 4.94. The van der Waals surface area contributed by atoms with Gasteiger partial charge >= 0.3 is 6.18 Å². The van der Waals surface area contributed by atoms with Crippen LogP contribution < -0.4 is 0 Å². The molecule has 0 aliphatic heterocycles. The van der Waals surface area contributed by atoms with Crippen molar-refractivity contribution in [3.63, 3.8) is 0 Å². The monoisotopic (exact) mass is 226 g/mol. The average Bonchev–Trinajstić information content (AvgIpc) is 2.02. The number of ketones is 1. The van der Waals surface area contributed by atoms with E-state index in [1.165, 1.54) is 11.8 Å². The van der Waals surface area contributed by atoms with Gasteiger partial charge in [-0.2, -0.15) is 24.9 Å². The van der Waals surface area contributed by atoms with E-state index in [1.54, 1.807) is 0 Å². The van der Waals surface area contributed by atoms with Crippen LogP contribution in [-0.2, 0) is 4.79 Å². The molecule has 0 amide bonds. The van der Waals surface area contributed by atoms with Crippen LogP contribution in [0.25, 0.3) is 0 Å². The zero-order valence-electron chi connectivity index (χ0n) is 7.93. The first-order valence-corrected chi connectivity index (χ1v) is 5.70. The van der Waals surface area contributed by atoms with Crippen LogP contribution in [0.5, 0.6) is 0 Å². The van der Waals surface area contributed by atoms with Gasteiger partial charge in [0.25, 0.3) is 0 Å². The van der Waals surface area contributed by atoms with Gasteiger partial charge in [0.2, 0.25) is 0 Å². The largest absolute Gasteiger partial charge is 0.392 e. The number of rotatable bonds is 2. The lowest BCUT2D eigenvalue weighted by Gasteiger charge is -2.31. The number of thioether (sulfide) groups is 1. The summed E-state index contributed by atoms with van der Waals surface area (Å²) in [7, 11) is 0. The number of hydrogen-bond acceptors (Lipinski definition) is 2. The van der Waals surface area contributed by atoms with Crippen LogP contribution >= 0.6 is 11.8 Å². The molecule has 0 N–H and O–H groups in total. The molecule has 1 nitrogen and oxygen atoms in total. The quantitative estimate of drug-likeness (QED) is 0.720. The average molecular weight is 226 g/mol. The molecule has 0 spiro atoms. The molecule has 82 valence electrons. The molecule has 1 fully saturated rings. The molecular formula is C9H13F3OS. The van der Waals surface area contributed by atoms with Gasteiger partial charge in [-0.05, 0) is 12.2 Å². The van der Waals surface area contributed by atoms with E-state index in [9.17, 15) is 18.0 Å². The topological polar surface area (TPSA) is 17.1 Å². The lowest BCUT2D eigenvalue weighted by Crippen LogP contribution is -2.37. The van der Waals surface area contributed by atoms with E-state index < -0.39 is 17.3 Å². The molecule has 0 radical (unpaired) electrons. The van der Waals surface area contributed by atoms with Crippen LogP contribution in [0.1, 0.15) is 26.2 Å². The highest BCUT2D eigenvalue weighted by molar-refractivity contribution is 7.99. The van der Waals surface area contributed by atoms with E-state index >= 15 is 0 Å². The van der Waals surface area contributed by atoms with E-state index in [4.69, 9.17) is 0 Å². The van der Waals surface area contributed by atoms with E-state index in [-0.39, 0.29) is 25.0 Å². The minimum Gasteiger partial charge on any atom is -0.300 e. The van der Waals surface area contributed by atoms with Crippen LogP contribution in [0, 0.1) is 5.92 Å². The van der Waals surface area contributed by atoms with Crippen molar-refractivity contribution < 1.29 is 18.0 Å². The number of carbonyl (C=O) groups excluding carboxylic acids is 1. The summed E-state index contributed by atoms with van der Waals surface area (Å²) in [6.45, 7) is 1.82. The first-order valence-electron chi connectivity index (χ1n) is 4.65. The smallest absolute Gasteiger partial charge is 0.300 e. The van der Waals surface area contributed by atoms with Crippen molar-refractivity contribution in [1.29, 1.82) is 0 Å². The number of alkyl halides is 3. The van der Waals surface area contributed by atoms with Crippen molar-refractivity contribution in [1.82, 2.24) is 0 Å². The molecule has 1 aliphatic carbocycles. The molecule has 0 saturated heterocycles. The summed E-state index contributed by atoms with van der Waals surface area (Å²) < 4.78 is 37.6. The Kier molecular flexibility index (Phi) is 3.86. The summed E-state index contributed by atoms with van der Waals surface area (Å²) in [5.74, 6) is -0.688. The molecule has 1 aliphatic rings. The minimum atomic E-state index is -4.15. The molecule has 0 aromatic carbocycles. The SMILES string of the molecule is CCSC1CC(=O)CCC1C(F)(F)F. The maximum absolute atomic E-state index is 12.5. The zero-order valence-corrected chi connectivity index (χ0v) is 8.75. The van der Waals surface area contributed by atoms with Crippen molar-refractivity contribution in [2.24, 2.45) is 5.92 Å². The van der Waals surface area contributed by atoms with Crippen LogP contribution in [0.15, 0.2) is 0 Å². The van der Waals surface area contributed by atoms with Crippen LogP contribution in [0.2, 0.25) is 0 Å². The Morgan fingerprint density at radius 3 is 2.64 bits per heavy atom. The number of hydrogen-bond donors (Lipinski definition) is 0. The molecule has 0 aromatic heterocycles. The van der Waals surface area contributed by atoms with Gasteiger partial charge in [0, 0.05) is 18.1 Å². The third kappa shape index (κ3) is 2.90. The van der Waals surface area contributed by atoms with Crippen LogP contribution in [0.3, 0.4) is 0 Å². The van der Waals surface area contributed by atoms with Gasteiger partial charge in [0.15, 0.2) is 0 Å². The maximum Gasteiger partial charge on any atom is 0.392 e. The molecule has 2 atom stereocenters. The molecule has 0 heterocycles. The molecule has 0 aromatic rings. The van der Waals surface area contributed by atoms with Crippen molar-refractivity contribution in [3.05, 3.63) is 0 Å². The van der Waals surface area contributed by atoms with E-state index in [2.05, 4.69) is 0 Å². The van der Waals surface area contributed by atoms with Crippen molar-refractivity contribution in [2.75, 3.05) is 5.75 Å². The highest BCUT2D eigenvalue weighted by Crippen LogP contribution is 2.41. The Morgan fingerprint density at radius 1 is 1.50 bits per heavy atom. The second-order valence-electron chi connectivity index (χ2n) is 3.42. The van der Waals surface area contributed by atoms with Gasteiger partial charge in [-0.1, -0.05) is 6.92 Å². The summed E-state index contributed by atoms with van der Waals surface area (Å²) in [6, 6.07) is 0. The maximum atomic E-state index is 12.5. The highest BCUT2D eigenvalue weighted by atomic mass is 32.2. The van der Waals surface area contributed by atoms with Gasteiger partial charge < -0.3 is 0 Å². The van der Waals surface area contributed by atoms with Gasteiger partial charge in [-0.15, -0.1) is 0 Å². The normalized spacial score (nSPS) is 29.3. The Bertz CT molecular complexity index is 215. The predicted molar refractivity (Wildman–Crippen MR) is 50.3 cm³/mol. The van der Waals surface area contributed by atoms with E-state index in [0.29, 0.717) is 5.75 Å². The molecule has 1 rings (SSSR count). The van der Waals surface area contributed by atoms with Crippen molar-refractivity contribution >= 4 is 17.5 Å². The number of carbonyl (C=O) groups is 1. The fourth-order valence-electron chi connectivity index (χ4n) is 1.73. The first-order chi connectivity index (χ1) is 6.45. The van der Waals surface area contributed by atoms with Gasteiger partial charge in [-0.25, -0.2) is 0 Å². The first kappa shape index (κ1) is 11.9. The van der Waals surface area contributed by atoms with E-state index in [1.807, 2.05) is 6.92 Å². The minimum absolute atomic E-state index is 0.0278. The fraction of sp³-hybridized carbons (Fsp3) is 0.889. The molecule has 1 saturated carbocycles. The summed E-state index contributed by atoms with van der Waals surface area (Å²) in [5, 5.41) is -0.554. The summed E-state index contributed by atoms with van der Waals surface area (Å²) in [4.78, 5) is 11.0. The van der Waals surface area contributed by atoms with Gasteiger partial charge in [0.05, 0.1) is 5.92 Å². The molecule has 2 unspecified atom stereocenters. The molecular weight excluding hydrogens is 213 g/mol. The number of Topliss-reactive ketones (excluding diaryl/α,β-unsaturated/α-hetero) is 1. The lowest BCUT2D eigenvalue weighted by atomic mass is 9.87. The Hall–Kier alpha value is -0.190. The highest BCUT2D eigenvalue weighted by Gasteiger charge is 2.46. The van der Waals surface area contributed by atoms with Crippen molar-refractivity contribution in [3.8, 4) is 0 Å². The van der Waals surface area contributed by atoms with Crippen LogP contribution in [-0.4, -0.2) is 23.0 Å². The Labute approximate surface area is 85.4 Å². The molecule has 0 bridgehead atoms. The summed E-state index contributed by atoms with van der Waals surface area (Å²) in [6.07, 6.45) is -4.00. The van der Waals surface area contributed by atoms with Gasteiger partial charge in [0.1, 0.15) is 5.78 Å². The number of halogens is 3. The third-order valence-corrected chi connectivity index (χ3v) is 3.67. The Balaban J connectivity index is 2.67. The van der Waals surface area contributed by atoms with Crippen LogP contribution in [0.4, 0.5) is 13.2 Å². The zero-order chi connectivity index (χ0) is 10.8. The van der Waals surface area contributed by atoms with E-state index in [0.717, 1.165) is 0 Å². The predicted octanol–water partition coefficient (Wildman–Crippen LogP) is 3.04. The summed E-state index contributed by atoms with van der Waals surface area (Å²) >= 11 is 1.25. The second kappa shape index (κ2) is 4.55. The third-order valence-electron chi connectivity index (χ3n) is 2.41. The standard InChI is InChI=1S/C9H13F3OS/c1-2-14-8-5-6(13)3-4-7(8)9(10,11)12/h7-8H,2-5H2,1H3. The molecule has 5 heteroatoms.